The number of benzene rings is 1. The van der Waals surface area contributed by atoms with Gasteiger partial charge in [0.1, 0.15) is 6.04 Å². The van der Waals surface area contributed by atoms with E-state index in [4.69, 9.17) is 4.74 Å². The van der Waals surface area contributed by atoms with Crippen LogP contribution in [-0.2, 0) is 9.53 Å². The fourth-order valence-corrected chi connectivity index (χ4v) is 4.97. The SMILES string of the molecule is O=C([C@H]1COCCN1)N1CC[C@H](c2ccccc2)[C@H]2CCCC[C@H]21. The predicted molar refractivity (Wildman–Crippen MR) is 93.9 cm³/mol. The second kappa shape index (κ2) is 7.24. The molecular formula is C20H28N2O2. The molecule has 1 saturated carbocycles. The molecule has 1 aromatic rings. The molecule has 24 heavy (non-hydrogen) atoms. The van der Waals surface area contributed by atoms with Crippen molar-refractivity contribution < 1.29 is 9.53 Å². The summed E-state index contributed by atoms with van der Waals surface area (Å²) in [7, 11) is 0. The van der Waals surface area contributed by atoms with Crippen LogP contribution in [0.3, 0.4) is 0 Å². The lowest BCUT2D eigenvalue weighted by Gasteiger charge is -2.49. The minimum absolute atomic E-state index is 0.144. The molecule has 1 aliphatic carbocycles. The topological polar surface area (TPSA) is 41.6 Å². The minimum Gasteiger partial charge on any atom is -0.378 e. The largest absolute Gasteiger partial charge is 0.378 e. The van der Waals surface area contributed by atoms with Crippen molar-refractivity contribution in [2.45, 2.75) is 50.1 Å². The van der Waals surface area contributed by atoms with Gasteiger partial charge >= 0.3 is 0 Å². The standard InChI is InChI=1S/C20H28N2O2/c23-20(18-14-24-13-11-21-18)22-12-10-16(15-6-2-1-3-7-15)17-8-4-5-9-19(17)22/h1-3,6-7,16-19,21H,4-5,8-14H2/t16-,17-,18-,19-/m1/s1. The quantitative estimate of drug-likeness (QED) is 0.907. The lowest BCUT2D eigenvalue weighted by molar-refractivity contribution is -0.143. The summed E-state index contributed by atoms with van der Waals surface area (Å²) in [6.07, 6.45) is 6.05. The number of piperidine rings is 1. The predicted octanol–water partition coefficient (Wildman–Crippen LogP) is 2.55. The van der Waals surface area contributed by atoms with Crippen molar-refractivity contribution in [1.82, 2.24) is 10.2 Å². The van der Waals surface area contributed by atoms with Gasteiger partial charge in [0.2, 0.25) is 5.91 Å². The van der Waals surface area contributed by atoms with Gasteiger partial charge in [0.15, 0.2) is 0 Å². The number of morpholine rings is 1. The zero-order valence-electron chi connectivity index (χ0n) is 14.3. The van der Waals surface area contributed by atoms with Gasteiger partial charge in [-0.2, -0.15) is 0 Å². The van der Waals surface area contributed by atoms with Crippen LogP contribution in [0.15, 0.2) is 30.3 Å². The molecule has 1 aromatic carbocycles. The van der Waals surface area contributed by atoms with Crippen molar-refractivity contribution >= 4 is 5.91 Å². The number of likely N-dealkylation sites (tertiary alicyclic amines) is 1. The van der Waals surface area contributed by atoms with Crippen LogP contribution in [0, 0.1) is 5.92 Å². The number of hydrogen-bond donors (Lipinski definition) is 1. The van der Waals surface area contributed by atoms with Gasteiger partial charge < -0.3 is 15.0 Å². The summed E-state index contributed by atoms with van der Waals surface area (Å²) in [6, 6.07) is 11.2. The molecule has 0 unspecified atom stereocenters. The van der Waals surface area contributed by atoms with Crippen molar-refractivity contribution in [2.75, 3.05) is 26.3 Å². The first-order valence-electron chi connectivity index (χ1n) is 9.51. The molecule has 4 nitrogen and oxygen atoms in total. The van der Waals surface area contributed by atoms with E-state index in [0.717, 1.165) is 25.9 Å². The number of hydrogen-bond acceptors (Lipinski definition) is 3. The zero-order chi connectivity index (χ0) is 16.4. The highest BCUT2D eigenvalue weighted by Gasteiger charge is 2.43. The van der Waals surface area contributed by atoms with E-state index in [1.165, 1.54) is 24.8 Å². The molecule has 3 aliphatic rings. The van der Waals surface area contributed by atoms with Gasteiger partial charge in [-0.15, -0.1) is 0 Å². The summed E-state index contributed by atoms with van der Waals surface area (Å²) in [5, 5.41) is 3.34. The number of carbonyl (C=O) groups is 1. The number of carbonyl (C=O) groups excluding carboxylic acids is 1. The lowest BCUT2D eigenvalue weighted by Crippen LogP contribution is -2.59. The summed E-state index contributed by atoms with van der Waals surface area (Å²) in [5.74, 6) is 1.48. The Kier molecular flexibility index (Phi) is 4.86. The molecule has 130 valence electrons. The number of amides is 1. The fraction of sp³-hybridized carbons (Fsp3) is 0.650. The highest BCUT2D eigenvalue weighted by Crippen LogP contribution is 2.44. The zero-order valence-corrected chi connectivity index (χ0v) is 14.3. The van der Waals surface area contributed by atoms with Crippen molar-refractivity contribution in [2.24, 2.45) is 5.92 Å². The number of fused-ring (bicyclic) bond motifs is 1. The average molecular weight is 328 g/mol. The third-order valence-electron chi connectivity index (χ3n) is 6.11. The summed E-state index contributed by atoms with van der Waals surface area (Å²) < 4.78 is 5.51. The Labute approximate surface area is 144 Å². The smallest absolute Gasteiger partial charge is 0.242 e. The Morgan fingerprint density at radius 1 is 1.12 bits per heavy atom. The first-order valence-corrected chi connectivity index (χ1v) is 9.51. The summed E-state index contributed by atoms with van der Waals surface area (Å²) in [5.41, 5.74) is 1.46. The van der Waals surface area contributed by atoms with Crippen LogP contribution in [0.25, 0.3) is 0 Å². The van der Waals surface area contributed by atoms with Crippen molar-refractivity contribution in [3.05, 3.63) is 35.9 Å². The molecule has 2 aliphatic heterocycles. The Bertz CT molecular complexity index is 556. The summed E-state index contributed by atoms with van der Waals surface area (Å²) in [4.78, 5) is 15.2. The Morgan fingerprint density at radius 3 is 2.75 bits per heavy atom. The van der Waals surface area contributed by atoms with Crippen LogP contribution in [0.2, 0.25) is 0 Å². The van der Waals surface area contributed by atoms with Crippen LogP contribution >= 0.6 is 0 Å². The van der Waals surface area contributed by atoms with Gasteiger partial charge in [-0.05, 0) is 36.7 Å². The molecule has 2 heterocycles. The highest BCUT2D eigenvalue weighted by molar-refractivity contribution is 5.82. The van der Waals surface area contributed by atoms with Gasteiger partial charge in [-0.25, -0.2) is 0 Å². The Hall–Kier alpha value is -1.39. The van der Waals surface area contributed by atoms with Crippen LogP contribution in [-0.4, -0.2) is 49.2 Å². The molecule has 0 bridgehead atoms. The molecule has 0 spiro atoms. The highest BCUT2D eigenvalue weighted by atomic mass is 16.5. The summed E-state index contributed by atoms with van der Waals surface area (Å²) >= 11 is 0. The molecule has 4 rings (SSSR count). The second-order valence-corrected chi connectivity index (χ2v) is 7.43. The van der Waals surface area contributed by atoms with Crippen molar-refractivity contribution in [1.29, 1.82) is 0 Å². The maximum atomic E-state index is 13.0. The number of nitrogens with zero attached hydrogens (tertiary/aromatic N) is 1. The van der Waals surface area contributed by atoms with Crippen LogP contribution < -0.4 is 5.32 Å². The number of rotatable bonds is 2. The van der Waals surface area contributed by atoms with Gasteiger partial charge in [-0.3, -0.25) is 4.79 Å². The van der Waals surface area contributed by atoms with Crippen LogP contribution in [0.5, 0.6) is 0 Å². The molecule has 1 amide bonds. The average Bonchev–Trinajstić information content (AvgIpc) is 2.68. The van der Waals surface area contributed by atoms with Crippen LogP contribution in [0.1, 0.15) is 43.6 Å². The van der Waals surface area contributed by atoms with Gasteiger partial charge in [-0.1, -0.05) is 43.2 Å². The molecule has 0 radical (unpaired) electrons. The van der Waals surface area contributed by atoms with E-state index in [2.05, 4.69) is 40.5 Å². The third-order valence-corrected chi connectivity index (χ3v) is 6.11. The molecule has 0 aromatic heterocycles. The lowest BCUT2D eigenvalue weighted by atomic mass is 9.69. The maximum absolute atomic E-state index is 13.0. The molecule has 2 saturated heterocycles. The van der Waals surface area contributed by atoms with E-state index in [0.29, 0.717) is 31.1 Å². The first kappa shape index (κ1) is 16.1. The normalized spacial score (nSPS) is 33.8. The molecule has 4 heteroatoms. The number of ether oxygens (including phenoxy) is 1. The maximum Gasteiger partial charge on any atom is 0.242 e. The molecule has 4 atom stereocenters. The number of nitrogens with one attached hydrogen (secondary N) is 1. The van der Waals surface area contributed by atoms with E-state index in [9.17, 15) is 4.79 Å². The Balaban J connectivity index is 1.53. The van der Waals surface area contributed by atoms with Crippen molar-refractivity contribution in [3.63, 3.8) is 0 Å². The van der Waals surface area contributed by atoms with Crippen LogP contribution in [0.4, 0.5) is 0 Å². The van der Waals surface area contributed by atoms with E-state index in [1.807, 2.05) is 0 Å². The monoisotopic (exact) mass is 328 g/mol. The van der Waals surface area contributed by atoms with E-state index in [-0.39, 0.29) is 11.9 Å². The molecule has 1 N–H and O–H groups in total. The van der Waals surface area contributed by atoms with Gasteiger partial charge in [0, 0.05) is 19.1 Å². The summed E-state index contributed by atoms with van der Waals surface area (Å²) in [6.45, 7) is 2.91. The van der Waals surface area contributed by atoms with E-state index in [1.54, 1.807) is 0 Å². The first-order chi connectivity index (χ1) is 11.8. The third kappa shape index (κ3) is 3.09. The molecular weight excluding hydrogens is 300 g/mol. The van der Waals surface area contributed by atoms with Gasteiger partial charge in [0.25, 0.3) is 0 Å². The Morgan fingerprint density at radius 2 is 1.96 bits per heavy atom. The van der Waals surface area contributed by atoms with E-state index < -0.39 is 0 Å². The molecule has 3 fully saturated rings. The van der Waals surface area contributed by atoms with E-state index >= 15 is 0 Å². The fourth-order valence-electron chi connectivity index (χ4n) is 4.97. The van der Waals surface area contributed by atoms with Gasteiger partial charge in [0.05, 0.1) is 13.2 Å². The minimum atomic E-state index is -0.144. The van der Waals surface area contributed by atoms with Crippen molar-refractivity contribution in [3.8, 4) is 0 Å². The second-order valence-electron chi connectivity index (χ2n) is 7.43.